The quantitative estimate of drug-likeness (QED) is 0.706. The summed E-state index contributed by atoms with van der Waals surface area (Å²) in [6.07, 6.45) is 6.12. The molecule has 2 aliphatic rings. The number of fused-ring (bicyclic) bond motifs is 1. The lowest BCUT2D eigenvalue weighted by Crippen LogP contribution is -2.29. The van der Waals surface area contributed by atoms with Crippen LogP contribution in [0.2, 0.25) is 0 Å². The minimum absolute atomic E-state index is 0.0989. The molecule has 2 aliphatic carbocycles. The van der Waals surface area contributed by atoms with Crippen molar-refractivity contribution in [1.82, 2.24) is 24.7 Å². The molecule has 0 saturated heterocycles. The van der Waals surface area contributed by atoms with Gasteiger partial charge in [-0.15, -0.1) is 11.3 Å². The van der Waals surface area contributed by atoms with Gasteiger partial charge in [-0.05, 0) is 52.4 Å². The molecular formula is C20H24FN5OS. The third kappa shape index (κ3) is 2.98. The number of hydrogen-bond donors (Lipinski definition) is 1. The van der Waals surface area contributed by atoms with E-state index in [-0.39, 0.29) is 17.5 Å². The second-order valence-corrected chi connectivity index (χ2v) is 9.57. The summed E-state index contributed by atoms with van der Waals surface area (Å²) in [5, 5.41) is 8.14. The Hall–Kier alpha value is -2.09. The molecule has 2 atom stereocenters. The largest absolute Gasteiger partial charge is 0.310 e. The Morgan fingerprint density at radius 1 is 1.21 bits per heavy atom. The molecule has 0 aromatic carbocycles. The minimum atomic E-state index is -1.10. The normalized spacial score (nSPS) is 30.5. The maximum atomic E-state index is 14.2. The van der Waals surface area contributed by atoms with Gasteiger partial charge in [-0.1, -0.05) is 0 Å². The molecule has 0 radical (unpaired) electrons. The van der Waals surface area contributed by atoms with Crippen LogP contribution in [0.15, 0.2) is 16.4 Å². The number of alkyl halides is 1. The average molecular weight is 402 g/mol. The second kappa shape index (κ2) is 6.47. The fourth-order valence-electron chi connectivity index (χ4n) is 4.58. The van der Waals surface area contributed by atoms with Crippen molar-refractivity contribution in [2.24, 2.45) is 0 Å². The third-order valence-corrected chi connectivity index (χ3v) is 7.26. The Labute approximate surface area is 166 Å². The van der Waals surface area contributed by atoms with Crippen LogP contribution in [0.4, 0.5) is 4.39 Å². The standard InChI is InChI=1S/C20H24FN5OS/c1-11-23-16(10-28-11)13-3-4-14(13)17-24-18-15(19(27)25-17)9-22-26(18)12-5-7-20(2,21)8-6-12/h9-10,12-14H,3-8H2,1-2H3,(H,24,25,27)/t12?,13-,14-,20?/m1/s1. The van der Waals surface area contributed by atoms with E-state index in [1.54, 1.807) is 24.5 Å². The first-order chi connectivity index (χ1) is 13.4. The van der Waals surface area contributed by atoms with Crippen LogP contribution in [0, 0.1) is 6.92 Å². The predicted molar refractivity (Wildman–Crippen MR) is 107 cm³/mol. The first-order valence-electron chi connectivity index (χ1n) is 10.00. The van der Waals surface area contributed by atoms with Gasteiger partial charge in [0, 0.05) is 17.2 Å². The van der Waals surface area contributed by atoms with Gasteiger partial charge in [-0.3, -0.25) is 4.79 Å². The maximum absolute atomic E-state index is 14.2. The van der Waals surface area contributed by atoms with E-state index >= 15 is 0 Å². The van der Waals surface area contributed by atoms with Crippen LogP contribution in [0.25, 0.3) is 11.0 Å². The topological polar surface area (TPSA) is 76.5 Å². The zero-order chi connectivity index (χ0) is 19.5. The summed E-state index contributed by atoms with van der Waals surface area (Å²) in [7, 11) is 0. The summed E-state index contributed by atoms with van der Waals surface area (Å²) < 4.78 is 16.0. The number of halogens is 1. The lowest BCUT2D eigenvalue weighted by atomic mass is 9.71. The number of nitrogens with zero attached hydrogens (tertiary/aromatic N) is 4. The number of H-pyrrole nitrogens is 1. The Balaban J connectivity index is 1.49. The smallest absolute Gasteiger partial charge is 0.262 e. The zero-order valence-corrected chi connectivity index (χ0v) is 16.9. The molecule has 28 heavy (non-hydrogen) atoms. The molecule has 0 spiro atoms. The van der Waals surface area contributed by atoms with Gasteiger partial charge in [0.2, 0.25) is 0 Å². The Morgan fingerprint density at radius 2 is 1.96 bits per heavy atom. The van der Waals surface area contributed by atoms with Crippen molar-refractivity contribution in [3.63, 3.8) is 0 Å². The summed E-state index contributed by atoms with van der Waals surface area (Å²) in [4.78, 5) is 25.1. The summed E-state index contributed by atoms with van der Waals surface area (Å²) in [6.45, 7) is 3.68. The van der Waals surface area contributed by atoms with Gasteiger partial charge in [-0.2, -0.15) is 5.10 Å². The van der Waals surface area contributed by atoms with Crippen molar-refractivity contribution in [1.29, 1.82) is 0 Å². The number of rotatable bonds is 3. The molecule has 8 heteroatoms. The van der Waals surface area contributed by atoms with Gasteiger partial charge in [-0.25, -0.2) is 19.0 Å². The molecule has 0 aliphatic heterocycles. The average Bonchev–Trinajstić information content (AvgIpc) is 3.21. The van der Waals surface area contributed by atoms with Gasteiger partial charge in [0.15, 0.2) is 5.65 Å². The van der Waals surface area contributed by atoms with Crippen LogP contribution in [0.3, 0.4) is 0 Å². The molecule has 3 aromatic heterocycles. The molecule has 148 valence electrons. The molecule has 5 rings (SSSR count). The molecule has 2 saturated carbocycles. The van der Waals surface area contributed by atoms with E-state index in [1.165, 1.54) is 0 Å². The second-order valence-electron chi connectivity index (χ2n) is 8.50. The minimum Gasteiger partial charge on any atom is -0.310 e. The predicted octanol–water partition coefficient (Wildman–Crippen LogP) is 4.39. The van der Waals surface area contributed by atoms with Crippen LogP contribution in [0.5, 0.6) is 0 Å². The van der Waals surface area contributed by atoms with Crippen LogP contribution in [-0.4, -0.2) is 30.4 Å². The molecule has 1 N–H and O–H groups in total. The Morgan fingerprint density at radius 3 is 2.61 bits per heavy atom. The molecule has 3 heterocycles. The van der Waals surface area contributed by atoms with Crippen molar-refractivity contribution in [2.45, 2.75) is 75.9 Å². The van der Waals surface area contributed by atoms with Crippen molar-refractivity contribution in [3.8, 4) is 0 Å². The monoisotopic (exact) mass is 401 g/mol. The number of aromatic amines is 1. The molecule has 2 fully saturated rings. The highest BCUT2D eigenvalue weighted by molar-refractivity contribution is 7.09. The van der Waals surface area contributed by atoms with Crippen LogP contribution in [-0.2, 0) is 0 Å². The number of hydrogen-bond acceptors (Lipinski definition) is 5. The van der Waals surface area contributed by atoms with Gasteiger partial charge in [0.05, 0.1) is 22.9 Å². The number of aryl methyl sites for hydroxylation is 1. The van der Waals surface area contributed by atoms with E-state index in [4.69, 9.17) is 4.98 Å². The van der Waals surface area contributed by atoms with Gasteiger partial charge < -0.3 is 4.98 Å². The van der Waals surface area contributed by atoms with Gasteiger partial charge in [0.25, 0.3) is 5.56 Å². The van der Waals surface area contributed by atoms with Crippen molar-refractivity contribution in [2.75, 3.05) is 0 Å². The van der Waals surface area contributed by atoms with Crippen LogP contribution < -0.4 is 5.56 Å². The number of thiazole rings is 1. The van der Waals surface area contributed by atoms with Crippen molar-refractivity contribution in [3.05, 3.63) is 38.5 Å². The molecular weight excluding hydrogens is 377 g/mol. The summed E-state index contributed by atoms with van der Waals surface area (Å²) in [6, 6.07) is 0.0989. The summed E-state index contributed by atoms with van der Waals surface area (Å²) in [5.74, 6) is 1.22. The maximum Gasteiger partial charge on any atom is 0.262 e. The number of nitrogens with one attached hydrogen (secondary N) is 1. The van der Waals surface area contributed by atoms with Crippen LogP contribution in [0.1, 0.15) is 79.9 Å². The lowest BCUT2D eigenvalue weighted by molar-refractivity contribution is 0.103. The molecule has 0 unspecified atom stereocenters. The van der Waals surface area contributed by atoms with Crippen molar-refractivity contribution >= 4 is 22.4 Å². The fourth-order valence-corrected chi connectivity index (χ4v) is 5.25. The van der Waals surface area contributed by atoms with E-state index in [1.807, 2.05) is 11.6 Å². The zero-order valence-electron chi connectivity index (χ0n) is 16.1. The number of aromatic nitrogens is 5. The van der Waals surface area contributed by atoms with E-state index in [0.29, 0.717) is 29.8 Å². The van der Waals surface area contributed by atoms with E-state index < -0.39 is 5.67 Å². The Kier molecular flexibility index (Phi) is 4.15. The molecule has 3 aromatic rings. The van der Waals surface area contributed by atoms with Crippen LogP contribution >= 0.6 is 11.3 Å². The third-order valence-electron chi connectivity index (χ3n) is 6.47. The molecule has 0 bridgehead atoms. The summed E-state index contributed by atoms with van der Waals surface area (Å²) >= 11 is 1.66. The first-order valence-corrected chi connectivity index (χ1v) is 10.9. The van der Waals surface area contributed by atoms with Gasteiger partial charge >= 0.3 is 0 Å². The van der Waals surface area contributed by atoms with E-state index in [0.717, 1.165) is 42.2 Å². The molecule has 0 amide bonds. The SMILES string of the molecule is Cc1nc([C@@H]2CC[C@H]2c2nc3c(cnn3C3CCC(C)(F)CC3)c(=O)[nH]2)cs1. The van der Waals surface area contributed by atoms with Crippen molar-refractivity contribution < 1.29 is 4.39 Å². The van der Waals surface area contributed by atoms with E-state index in [2.05, 4.69) is 20.4 Å². The highest BCUT2D eigenvalue weighted by Gasteiger charge is 2.37. The highest BCUT2D eigenvalue weighted by atomic mass is 32.1. The summed E-state index contributed by atoms with van der Waals surface area (Å²) in [5.41, 5.74) is 0.494. The van der Waals surface area contributed by atoms with Gasteiger partial charge in [0.1, 0.15) is 16.9 Å². The Bertz CT molecular complexity index is 1070. The first kappa shape index (κ1) is 18.0. The lowest BCUT2D eigenvalue weighted by Gasteiger charge is -2.34. The molecule has 6 nitrogen and oxygen atoms in total. The fraction of sp³-hybridized carbons (Fsp3) is 0.600. The van der Waals surface area contributed by atoms with E-state index in [9.17, 15) is 9.18 Å². The highest BCUT2D eigenvalue weighted by Crippen LogP contribution is 2.48.